The zero-order valence-electron chi connectivity index (χ0n) is 6.92. The number of rotatable bonds is 4. The van der Waals surface area contributed by atoms with Crippen LogP contribution in [0.25, 0.3) is 0 Å². The van der Waals surface area contributed by atoms with E-state index in [4.69, 9.17) is 0 Å². The lowest BCUT2D eigenvalue weighted by Crippen LogP contribution is -2.31. The van der Waals surface area contributed by atoms with Gasteiger partial charge in [-0.3, -0.25) is 14.4 Å². The molecule has 0 heterocycles. The van der Waals surface area contributed by atoms with Crippen LogP contribution in [-0.2, 0) is 14.4 Å². The second-order valence-corrected chi connectivity index (χ2v) is 2.70. The molecule has 1 fully saturated rings. The number of hydrogen-bond acceptors (Lipinski definition) is 3. The van der Waals surface area contributed by atoms with E-state index in [-0.39, 0.29) is 24.3 Å². The van der Waals surface area contributed by atoms with Crippen molar-refractivity contribution in [3.63, 3.8) is 0 Å². The fraction of sp³-hybridized carbons (Fsp3) is 0.714. The third-order valence-electron chi connectivity index (χ3n) is 1.60. The van der Waals surface area contributed by atoms with Gasteiger partial charge in [-0.05, 0) is 12.8 Å². The first-order chi connectivity index (χ1) is 5.74. The SMILES string of the molecule is CNC(=O)CONC(=O)C1CC1. The van der Waals surface area contributed by atoms with Gasteiger partial charge in [-0.25, -0.2) is 5.48 Å². The maximum atomic E-state index is 10.9. The lowest BCUT2D eigenvalue weighted by Gasteiger charge is -2.03. The molecule has 2 amide bonds. The Labute approximate surface area is 70.4 Å². The van der Waals surface area contributed by atoms with Crippen LogP contribution in [0.4, 0.5) is 0 Å². The summed E-state index contributed by atoms with van der Waals surface area (Å²) in [6.45, 7) is -0.130. The number of likely N-dealkylation sites (N-methyl/N-ethyl adjacent to an activating group) is 1. The summed E-state index contributed by atoms with van der Waals surface area (Å²) in [6.07, 6.45) is 1.85. The first-order valence-electron chi connectivity index (χ1n) is 3.86. The van der Waals surface area contributed by atoms with E-state index in [1.165, 1.54) is 7.05 Å². The van der Waals surface area contributed by atoms with E-state index in [2.05, 4.69) is 15.6 Å². The Morgan fingerprint density at radius 3 is 2.67 bits per heavy atom. The van der Waals surface area contributed by atoms with Gasteiger partial charge >= 0.3 is 0 Å². The zero-order chi connectivity index (χ0) is 8.97. The topological polar surface area (TPSA) is 67.4 Å². The highest BCUT2D eigenvalue weighted by molar-refractivity contribution is 5.80. The summed E-state index contributed by atoms with van der Waals surface area (Å²) >= 11 is 0. The second-order valence-electron chi connectivity index (χ2n) is 2.70. The van der Waals surface area contributed by atoms with Gasteiger partial charge in [0.2, 0.25) is 11.8 Å². The minimum atomic E-state index is -0.258. The maximum Gasteiger partial charge on any atom is 0.248 e. The molecule has 0 radical (unpaired) electrons. The molecule has 1 aliphatic carbocycles. The zero-order valence-corrected chi connectivity index (χ0v) is 6.92. The molecule has 0 aromatic rings. The molecule has 0 spiro atoms. The smallest absolute Gasteiger partial charge is 0.248 e. The Morgan fingerprint density at radius 1 is 1.50 bits per heavy atom. The predicted molar refractivity (Wildman–Crippen MR) is 40.9 cm³/mol. The molecule has 12 heavy (non-hydrogen) atoms. The molecule has 1 saturated carbocycles. The van der Waals surface area contributed by atoms with Crippen molar-refractivity contribution < 1.29 is 14.4 Å². The van der Waals surface area contributed by atoms with Gasteiger partial charge in [0, 0.05) is 13.0 Å². The molecule has 5 heteroatoms. The molecule has 0 unspecified atom stereocenters. The van der Waals surface area contributed by atoms with Crippen LogP contribution in [0, 0.1) is 5.92 Å². The largest absolute Gasteiger partial charge is 0.357 e. The molecule has 0 bridgehead atoms. The summed E-state index contributed by atoms with van der Waals surface area (Å²) in [6, 6.07) is 0. The summed E-state index contributed by atoms with van der Waals surface area (Å²) < 4.78 is 0. The number of hydrogen-bond donors (Lipinski definition) is 2. The molecule has 1 aliphatic rings. The fourth-order valence-electron chi connectivity index (χ4n) is 0.674. The monoisotopic (exact) mass is 172 g/mol. The first-order valence-corrected chi connectivity index (χ1v) is 3.86. The maximum absolute atomic E-state index is 10.9. The van der Waals surface area contributed by atoms with Gasteiger partial charge in [0.15, 0.2) is 6.61 Å². The molecule has 0 aliphatic heterocycles. The van der Waals surface area contributed by atoms with Gasteiger partial charge in [0.25, 0.3) is 0 Å². The number of nitrogens with one attached hydrogen (secondary N) is 2. The Balaban J connectivity index is 2.01. The van der Waals surface area contributed by atoms with E-state index in [1.54, 1.807) is 0 Å². The van der Waals surface area contributed by atoms with Gasteiger partial charge in [-0.2, -0.15) is 0 Å². The predicted octanol–water partition coefficient (Wildman–Crippen LogP) is -0.810. The van der Waals surface area contributed by atoms with Gasteiger partial charge in [-0.15, -0.1) is 0 Å². The van der Waals surface area contributed by atoms with E-state index < -0.39 is 0 Å². The fourth-order valence-corrected chi connectivity index (χ4v) is 0.674. The van der Waals surface area contributed by atoms with Crippen molar-refractivity contribution in [3.8, 4) is 0 Å². The summed E-state index contributed by atoms with van der Waals surface area (Å²) in [5.74, 6) is -0.278. The summed E-state index contributed by atoms with van der Waals surface area (Å²) in [5.41, 5.74) is 2.21. The Hall–Kier alpha value is -1.10. The van der Waals surface area contributed by atoms with Crippen LogP contribution in [0.1, 0.15) is 12.8 Å². The van der Waals surface area contributed by atoms with E-state index in [1.807, 2.05) is 0 Å². The van der Waals surface area contributed by atoms with Crippen LogP contribution in [-0.4, -0.2) is 25.5 Å². The third-order valence-corrected chi connectivity index (χ3v) is 1.60. The number of carbonyl (C=O) groups is 2. The average Bonchev–Trinajstić information content (AvgIpc) is 2.86. The van der Waals surface area contributed by atoms with E-state index in [9.17, 15) is 9.59 Å². The average molecular weight is 172 g/mol. The van der Waals surface area contributed by atoms with Gasteiger partial charge in [0.05, 0.1) is 0 Å². The lowest BCUT2D eigenvalue weighted by atomic mass is 10.4. The van der Waals surface area contributed by atoms with Crippen molar-refractivity contribution in [2.45, 2.75) is 12.8 Å². The van der Waals surface area contributed by atoms with Crippen LogP contribution in [0.2, 0.25) is 0 Å². The Morgan fingerprint density at radius 2 is 2.17 bits per heavy atom. The normalized spacial score (nSPS) is 15.4. The Kier molecular flexibility index (Phi) is 3.04. The van der Waals surface area contributed by atoms with Crippen LogP contribution in [0.3, 0.4) is 0 Å². The Bertz CT molecular complexity index is 189. The number of carbonyl (C=O) groups excluding carboxylic acids is 2. The summed E-state index contributed by atoms with van der Waals surface area (Å²) in [5, 5.41) is 2.37. The molecule has 0 aromatic heterocycles. The molecule has 5 nitrogen and oxygen atoms in total. The molecule has 1 rings (SSSR count). The minimum Gasteiger partial charge on any atom is -0.357 e. The van der Waals surface area contributed by atoms with Crippen molar-refractivity contribution in [2.75, 3.05) is 13.7 Å². The quantitative estimate of drug-likeness (QED) is 0.545. The van der Waals surface area contributed by atoms with E-state index in [0.717, 1.165) is 12.8 Å². The highest BCUT2D eigenvalue weighted by Crippen LogP contribution is 2.28. The first kappa shape index (κ1) is 8.99. The second kappa shape index (κ2) is 4.06. The van der Waals surface area contributed by atoms with Crippen LogP contribution in [0.15, 0.2) is 0 Å². The van der Waals surface area contributed by atoms with E-state index in [0.29, 0.717) is 0 Å². The number of amides is 2. The highest BCUT2D eigenvalue weighted by atomic mass is 16.7. The van der Waals surface area contributed by atoms with Crippen molar-refractivity contribution in [2.24, 2.45) is 5.92 Å². The summed E-state index contributed by atoms with van der Waals surface area (Å²) in [7, 11) is 1.51. The van der Waals surface area contributed by atoms with Crippen molar-refractivity contribution in [1.29, 1.82) is 0 Å². The molecule has 0 aromatic carbocycles. The molecule has 68 valence electrons. The molecular weight excluding hydrogens is 160 g/mol. The lowest BCUT2D eigenvalue weighted by molar-refractivity contribution is -0.139. The summed E-state index contributed by atoms with van der Waals surface area (Å²) in [4.78, 5) is 26.1. The standard InChI is InChI=1S/C7H12N2O3/c1-8-6(10)4-12-9-7(11)5-2-3-5/h5H,2-4H2,1H3,(H,8,10)(H,9,11). The van der Waals surface area contributed by atoms with Crippen molar-refractivity contribution in [3.05, 3.63) is 0 Å². The van der Waals surface area contributed by atoms with Crippen LogP contribution < -0.4 is 10.8 Å². The third kappa shape index (κ3) is 2.87. The minimum absolute atomic E-state index is 0.106. The van der Waals surface area contributed by atoms with Crippen molar-refractivity contribution >= 4 is 11.8 Å². The van der Waals surface area contributed by atoms with Crippen molar-refractivity contribution in [1.82, 2.24) is 10.8 Å². The molecule has 2 N–H and O–H groups in total. The van der Waals surface area contributed by atoms with Crippen LogP contribution in [0.5, 0.6) is 0 Å². The van der Waals surface area contributed by atoms with Gasteiger partial charge < -0.3 is 5.32 Å². The highest BCUT2D eigenvalue weighted by Gasteiger charge is 2.29. The molecular formula is C7H12N2O3. The number of hydroxylamine groups is 1. The van der Waals surface area contributed by atoms with Gasteiger partial charge in [0.1, 0.15) is 0 Å². The molecule has 0 saturated heterocycles. The van der Waals surface area contributed by atoms with Gasteiger partial charge in [-0.1, -0.05) is 0 Å². The van der Waals surface area contributed by atoms with Crippen LogP contribution >= 0.6 is 0 Å². The van der Waals surface area contributed by atoms with E-state index >= 15 is 0 Å². The molecule has 0 atom stereocenters.